The lowest BCUT2D eigenvalue weighted by molar-refractivity contribution is 0.240. The molecular weight excluding hydrogens is 279 g/mol. The van der Waals surface area contributed by atoms with Crippen LogP contribution >= 0.6 is 0 Å². The van der Waals surface area contributed by atoms with Crippen molar-refractivity contribution in [2.45, 2.75) is 12.6 Å². The molecule has 0 aliphatic rings. The number of aromatic nitrogens is 1. The molecule has 0 amide bonds. The van der Waals surface area contributed by atoms with E-state index < -0.39 is 23.5 Å². The van der Waals surface area contributed by atoms with Crippen LogP contribution in [0.4, 0.5) is 13.2 Å². The second kappa shape index (κ2) is 6.69. The highest BCUT2D eigenvalue weighted by molar-refractivity contribution is 5.23. The van der Waals surface area contributed by atoms with Crippen molar-refractivity contribution in [3.05, 3.63) is 65.2 Å². The Bertz CT molecular complexity index is 581. The summed E-state index contributed by atoms with van der Waals surface area (Å²) >= 11 is 0. The van der Waals surface area contributed by atoms with Crippen molar-refractivity contribution in [2.75, 3.05) is 13.6 Å². The molecule has 1 heterocycles. The van der Waals surface area contributed by atoms with Crippen LogP contribution in [0.25, 0.3) is 0 Å². The summed E-state index contributed by atoms with van der Waals surface area (Å²) in [4.78, 5) is 5.84. The Hall–Kier alpha value is -1.92. The molecular formula is C15H16F3N3. The first-order valence-corrected chi connectivity index (χ1v) is 6.46. The van der Waals surface area contributed by atoms with Crippen LogP contribution in [0.2, 0.25) is 0 Å². The maximum Gasteiger partial charge on any atom is 0.194 e. The Labute approximate surface area is 121 Å². The van der Waals surface area contributed by atoms with Crippen molar-refractivity contribution >= 4 is 0 Å². The van der Waals surface area contributed by atoms with E-state index in [1.165, 1.54) is 0 Å². The number of benzene rings is 1. The van der Waals surface area contributed by atoms with Gasteiger partial charge >= 0.3 is 0 Å². The van der Waals surface area contributed by atoms with Crippen molar-refractivity contribution in [3.63, 3.8) is 0 Å². The summed E-state index contributed by atoms with van der Waals surface area (Å²) in [6.07, 6.45) is 3.37. The largest absolute Gasteiger partial charge is 0.329 e. The molecule has 0 radical (unpaired) electrons. The monoisotopic (exact) mass is 295 g/mol. The molecule has 1 atom stereocenters. The molecule has 0 bridgehead atoms. The maximum absolute atomic E-state index is 13.3. The first-order chi connectivity index (χ1) is 10.0. The van der Waals surface area contributed by atoms with Crippen molar-refractivity contribution in [1.82, 2.24) is 9.88 Å². The average Bonchev–Trinajstić information content (AvgIpc) is 2.46. The minimum atomic E-state index is -1.47. The first-order valence-electron chi connectivity index (χ1n) is 6.46. The molecule has 0 fully saturated rings. The van der Waals surface area contributed by atoms with Gasteiger partial charge in [0, 0.05) is 31.5 Å². The van der Waals surface area contributed by atoms with Crippen molar-refractivity contribution in [3.8, 4) is 0 Å². The van der Waals surface area contributed by atoms with E-state index in [1.807, 2.05) is 11.0 Å². The zero-order chi connectivity index (χ0) is 15.4. The smallest absolute Gasteiger partial charge is 0.194 e. The number of nitrogens with two attached hydrogens (primary N) is 1. The topological polar surface area (TPSA) is 42.2 Å². The highest BCUT2D eigenvalue weighted by Crippen LogP contribution is 2.23. The molecule has 2 aromatic rings. The quantitative estimate of drug-likeness (QED) is 0.862. The normalized spacial score (nSPS) is 12.7. The summed E-state index contributed by atoms with van der Waals surface area (Å²) in [6, 6.07) is 5.24. The van der Waals surface area contributed by atoms with Gasteiger partial charge in [0.2, 0.25) is 0 Å². The van der Waals surface area contributed by atoms with Crippen LogP contribution in [0.3, 0.4) is 0 Å². The van der Waals surface area contributed by atoms with Gasteiger partial charge in [-0.2, -0.15) is 0 Å². The van der Waals surface area contributed by atoms with Gasteiger partial charge in [-0.15, -0.1) is 0 Å². The van der Waals surface area contributed by atoms with Crippen LogP contribution in [0, 0.1) is 17.5 Å². The lowest BCUT2D eigenvalue weighted by Gasteiger charge is -2.27. The molecule has 0 saturated carbocycles. The standard InChI is InChI=1S/C15H16F3N3/c1-21(9-10-3-2-4-20-8-10)14(7-19)11-5-12(16)15(18)13(17)6-11/h2-6,8,14H,7,9,19H2,1H3. The van der Waals surface area contributed by atoms with E-state index in [0.717, 1.165) is 17.7 Å². The van der Waals surface area contributed by atoms with Crippen LogP contribution in [0.5, 0.6) is 0 Å². The van der Waals surface area contributed by atoms with Gasteiger partial charge in [0.15, 0.2) is 17.5 Å². The summed E-state index contributed by atoms with van der Waals surface area (Å²) < 4.78 is 39.7. The van der Waals surface area contributed by atoms with E-state index in [2.05, 4.69) is 4.98 Å². The average molecular weight is 295 g/mol. The Balaban J connectivity index is 2.23. The lowest BCUT2D eigenvalue weighted by Crippen LogP contribution is -2.30. The molecule has 0 saturated heterocycles. The van der Waals surface area contributed by atoms with E-state index >= 15 is 0 Å². The molecule has 0 aliphatic heterocycles. The molecule has 0 spiro atoms. The fourth-order valence-electron chi connectivity index (χ4n) is 2.23. The number of halogens is 3. The van der Waals surface area contributed by atoms with E-state index in [0.29, 0.717) is 12.1 Å². The molecule has 6 heteroatoms. The highest BCUT2D eigenvalue weighted by Gasteiger charge is 2.20. The van der Waals surface area contributed by atoms with Crippen molar-refractivity contribution < 1.29 is 13.2 Å². The Kier molecular flexibility index (Phi) is 4.93. The van der Waals surface area contributed by atoms with Gasteiger partial charge in [-0.1, -0.05) is 6.07 Å². The van der Waals surface area contributed by atoms with Crippen LogP contribution in [0.1, 0.15) is 17.2 Å². The molecule has 1 unspecified atom stereocenters. The summed E-state index contributed by atoms with van der Waals surface area (Å²) in [7, 11) is 1.78. The first kappa shape index (κ1) is 15.5. The highest BCUT2D eigenvalue weighted by atomic mass is 19.2. The molecule has 2 rings (SSSR count). The van der Waals surface area contributed by atoms with Gasteiger partial charge in [0.05, 0.1) is 0 Å². The summed E-state index contributed by atoms with van der Waals surface area (Å²) in [5.74, 6) is -3.89. The number of hydrogen-bond acceptors (Lipinski definition) is 3. The van der Waals surface area contributed by atoms with Crippen molar-refractivity contribution in [1.29, 1.82) is 0 Å². The number of hydrogen-bond donors (Lipinski definition) is 1. The zero-order valence-corrected chi connectivity index (χ0v) is 11.6. The summed E-state index contributed by atoms with van der Waals surface area (Å²) in [5.41, 5.74) is 6.95. The van der Waals surface area contributed by atoms with Crippen LogP contribution in [-0.2, 0) is 6.54 Å². The van der Waals surface area contributed by atoms with Crippen molar-refractivity contribution in [2.24, 2.45) is 5.73 Å². The van der Waals surface area contributed by atoms with E-state index in [-0.39, 0.29) is 6.54 Å². The molecule has 21 heavy (non-hydrogen) atoms. The van der Waals surface area contributed by atoms with Gasteiger partial charge in [-0.05, 0) is 36.4 Å². The van der Waals surface area contributed by atoms with Gasteiger partial charge in [-0.3, -0.25) is 9.88 Å². The minimum Gasteiger partial charge on any atom is -0.329 e. The SMILES string of the molecule is CN(Cc1cccnc1)C(CN)c1cc(F)c(F)c(F)c1. The summed E-state index contributed by atoms with van der Waals surface area (Å²) in [5, 5.41) is 0. The third kappa shape index (κ3) is 3.59. The van der Waals surface area contributed by atoms with Crippen LogP contribution in [-0.4, -0.2) is 23.5 Å². The van der Waals surface area contributed by atoms with E-state index in [4.69, 9.17) is 5.73 Å². The fraction of sp³-hybridized carbons (Fsp3) is 0.267. The number of rotatable bonds is 5. The Morgan fingerprint density at radius 3 is 2.43 bits per heavy atom. The molecule has 2 N–H and O–H groups in total. The molecule has 0 aliphatic carbocycles. The van der Waals surface area contributed by atoms with Gasteiger partial charge in [0.25, 0.3) is 0 Å². The second-order valence-electron chi connectivity index (χ2n) is 4.83. The number of pyridine rings is 1. The molecule has 112 valence electrons. The predicted octanol–water partition coefficient (Wildman–Crippen LogP) is 2.63. The third-order valence-electron chi connectivity index (χ3n) is 3.30. The molecule has 3 nitrogen and oxygen atoms in total. The Morgan fingerprint density at radius 2 is 1.90 bits per heavy atom. The minimum absolute atomic E-state index is 0.154. The second-order valence-corrected chi connectivity index (χ2v) is 4.83. The lowest BCUT2D eigenvalue weighted by atomic mass is 10.0. The summed E-state index contributed by atoms with van der Waals surface area (Å²) in [6.45, 7) is 0.664. The Morgan fingerprint density at radius 1 is 1.24 bits per heavy atom. The molecule has 1 aromatic heterocycles. The predicted molar refractivity (Wildman–Crippen MR) is 73.8 cm³/mol. The van der Waals surface area contributed by atoms with Crippen LogP contribution in [0.15, 0.2) is 36.7 Å². The zero-order valence-electron chi connectivity index (χ0n) is 11.6. The van der Waals surface area contributed by atoms with Gasteiger partial charge < -0.3 is 5.73 Å². The number of likely N-dealkylation sites (N-methyl/N-ethyl adjacent to an activating group) is 1. The third-order valence-corrected chi connectivity index (χ3v) is 3.30. The van der Waals surface area contributed by atoms with E-state index in [1.54, 1.807) is 25.5 Å². The van der Waals surface area contributed by atoms with E-state index in [9.17, 15) is 13.2 Å². The van der Waals surface area contributed by atoms with Gasteiger partial charge in [-0.25, -0.2) is 13.2 Å². The molecule has 1 aromatic carbocycles. The van der Waals surface area contributed by atoms with Crippen LogP contribution < -0.4 is 5.73 Å². The maximum atomic E-state index is 13.3. The van der Waals surface area contributed by atoms with Gasteiger partial charge in [0.1, 0.15) is 0 Å². The fourth-order valence-corrected chi connectivity index (χ4v) is 2.23. The number of nitrogens with zero attached hydrogens (tertiary/aromatic N) is 2.